The number of ether oxygens (including phenoxy) is 1. The Morgan fingerprint density at radius 1 is 1.71 bits per heavy atom. The molecule has 0 aromatic rings. The normalized spacial score (nSPS) is 20.6. The number of unbranched alkanes of at least 4 members (excludes halogenated alkanes) is 1. The molecule has 1 heterocycles. The van der Waals surface area contributed by atoms with Crippen molar-refractivity contribution in [3.8, 4) is 0 Å². The summed E-state index contributed by atoms with van der Waals surface area (Å²) in [6.07, 6.45) is 2.69. The predicted octanol–water partition coefficient (Wildman–Crippen LogP) is 1.54. The minimum atomic E-state index is -0.420. The van der Waals surface area contributed by atoms with E-state index in [9.17, 15) is 9.59 Å². The van der Waals surface area contributed by atoms with Gasteiger partial charge in [0.15, 0.2) is 0 Å². The van der Waals surface area contributed by atoms with Crippen LogP contribution in [0.4, 0.5) is 4.79 Å². The zero-order chi connectivity index (χ0) is 10.4. The summed E-state index contributed by atoms with van der Waals surface area (Å²) >= 11 is 1.23. The lowest BCUT2D eigenvalue weighted by atomic mass is 10.3. The first-order chi connectivity index (χ1) is 6.74. The second-order valence-electron chi connectivity index (χ2n) is 3.14. The summed E-state index contributed by atoms with van der Waals surface area (Å²) in [6.45, 7) is 2.50. The van der Waals surface area contributed by atoms with Gasteiger partial charge in [-0.25, -0.2) is 4.79 Å². The average Bonchev–Trinajstić information content (AvgIpc) is 2.52. The Kier molecular flexibility index (Phi) is 4.79. The van der Waals surface area contributed by atoms with E-state index in [2.05, 4.69) is 12.2 Å². The molecular formula is C9H15NO3S. The van der Waals surface area contributed by atoms with Gasteiger partial charge in [-0.1, -0.05) is 25.1 Å². The van der Waals surface area contributed by atoms with Crippen molar-refractivity contribution < 1.29 is 14.3 Å². The van der Waals surface area contributed by atoms with Crippen molar-refractivity contribution >= 4 is 23.0 Å². The second kappa shape index (κ2) is 5.90. The second-order valence-corrected chi connectivity index (χ2v) is 4.21. The molecule has 0 unspecified atom stereocenters. The number of carbonyl (C=O) groups is 2. The number of esters is 1. The monoisotopic (exact) mass is 217 g/mol. The number of cyclic esters (lactones) is 1. The van der Waals surface area contributed by atoms with Gasteiger partial charge < -0.3 is 10.1 Å². The molecule has 4 nitrogen and oxygen atoms in total. The van der Waals surface area contributed by atoms with Crippen LogP contribution in [-0.4, -0.2) is 29.6 Å². The standard InChI is InChI=1S/C9H15NO3S/c1-2-3-6-14-9(12)10-7-4-5-13-8(7)11/h7H,2-6H2,1H3,(H,10,12)/t7-/m0/s1. The first-order valence-electron chi connectivity index (χ1n) is 4.84. The molecule has 0 bridgehead atoms. The SMILES string of the molecule is CCCCSC(=O)N[C@H]1CCOC1=O. The summed E-state index contributed by atoms with van der Waals surface area (Å²) in [5, 5.41) is 2.51. The predicted molar refractivity (Wildman–Crippen MR) is 55.3 cm³/mol. The highest BCUT2D eigenvalue weighted by Gasteiger charge is 2.27. The largest absolute Gasteiger partial charge is 0.464 e. The van der Waals surface area contributed by atoms with Gasteiger partial charge in [0.2, 0.25) is 0 Å². The van der Waals surface area contributed by atoms with Gasteiger partial charge in [-0.05, 0) is 6.42 Å². The first kappa shape index (κ1) is 11.4. The van der Waals surface area contributed by atoms with E-state index in [0.29, 0.717) is 13.0 Å². The molecule has 1 N–H and O–H groups in total. The van der Waals surface area contributed by atoms with Crippen molar-refractivity contribution in [2.45, 2.75) is 32.2 Å². The molecule has 1 fully saturated rings. The van der Waals surface area contributed by atoms with E-state index >= 15 is 0 Å². The van der Waals surface area contributed by atoms with Gasteiger partial charge in [-0.15, -0.1) is 0 Å². The molecule has 1 aliphatic heterocycles. The third kappa shape index (κ3) is 3.57. The van der Waals surface area contributed by atoms with Crippen molar-refractivity contribution in [1.29, 1.82) is 0 Å². The summed E-state index contributed by atoms with van der Waals surface area (Å²) in [4.78, 5) is 22.3. The minimum absolute atomic E-state index is 0.123. The fourth-order valence-electron chi connectivity index (χ4n) is 1.12. The molecule has 0 radical (unpaired) electrons. The van der Waals surface area contributed by atoms with Crippen LogP contribution in [0.25, 0.3) is 0 Å². The van der Waals surface area contributed by atoms with Crippen molar-refractivity contribution in [1.82, 2.24) is 5.32 Å². The Hall–Kier alpha value is -0.710. The third-order valence-electron chi connectivity index (χ3n) is 1.96. The van der Waals surface area contributed by atoms with Gasteiger partial charge in [-0.3, -0.25) is 4.79 Å². The van der Waals surface area contributed by atoms with Crippen LogP contribution < -0.4 is 5.32 Å². The van der Waals surface area contributed by atoms with Crippen molar-refractivity contribution in [3.05, 3.63) is 0 Å². The number of thioether (sulfide) groups is 1. The number of hydrogen-bond acceptors (Lipinski definition) is 4. The quantitative estimate of drug-likeness (QED) is 0.573. The number of hydrogen-bond donors (Lipinski definition) is 1. The zero-order valence-corrected chi connectivity index (χ0v) is 9.06. The Labute approximate surface area is 87.8 Å². The van der Waals surface area contributed by atoms with E-state index < -0.39 is 6.04 Å². The molecule has 0 aromatic heterocycles. The average molecular weight is 217 g/mol. The Morgan fingerprint density at radius 3 is 3.07 bits per heavy atom. The minimum Gasteiger partial charge on any atom is -0.464 e. The van der Waals surface area contributed by atoms with Crippen LogP contribution in [0, 0.1) is 0 Å². The topological polar surface area (TPSA) is 55.4 Å². The molecule has 0 aromatic carbocycles. The van der Waals surface area contributed by atoms with Gasteiger partial charge >= 0.3 is 5.97 Å². The first-order valence-corrected chi connectivity index (χ1v) is 5.82. The molecule has 1 rings (SSSR count). The molecule has 14 heavy (non-hydrogen) atoms. The lowest BCUT2D eigenvalue weighted by Crippen LogP contribution is -2.35. The maximum Gasteiger partial charge on any atom is 0.328 e. The van der Waals surface area contributed by atoms with Crippen molar-refractivity contribution in [2.24, 2.45) is 0 Å². The van der Waals surface area contributed by atoms with E-state index in [0.717, 1.165) is 18.6 Å². The van der Waals surface area contributed by atoms with E-state index in [4.69, 9.17) is 4.74 Å². The van der Waals surface area contributed by atoms with Crippen LogP contribution in [0.1, 0.15) is 26.2 Å². The van der Waals surface area contributed by atoms with Crippen LogP contribution in [0.3, 0.4) is 0 Å². The summed E-state index contributed by atoms with van der Waals surface area (Å²) < 4.78 is 4.73. The number of amides is 1. The lowest BCUT2D eigenvalue weighted by molar-refractivity contribution is -0.139. The summed E-state index contributed by atoms with van der Waals surface area (Å²) in [5.74, 6) is 0.499. The Morgan fingerprint density at radius 2 is 2.50 bits per heavy atom. The molecule has 1 atom stereocenters. The fourth-order valence-corrected chi connectivity index (χ4v) is 1.96. The molecule has 0 spiro atoms. The van der Waals surface area contributed by atoms with Crippen LogP contribution in [0.15, 0.2) is 0 Å². The Balaban J connectivity index is 2.16. The molecular weight excluding hydrogens is 202 g/mol. The zero-order valence-electron chi connectivity index (χ0n) is 8.25. The van der Waals surface area contributed by atoms with Crippen LogP contribution in [0.5, 0.6) is 0 Å². The summed E-state index contributed by atoms with van der Waals surface area (Å²) in [7, 11) is 0. The van der Waals surface area contributed by atoms with E-state index in [-0.39, 0.29) is 11.2 Å². The van der Waals surface area contributed by atoms with E-state index in [1.54, 1.807) is 0 Å². The van der Waals surface area contributed by atoms with E-state index in [1.807, 2.05) is 0 Å². The highest BCUT2D eigenvalue weighted by atomic mass is 32.2. The lowest BCUT2D eigenvalue weighted by Gasteiger charge is -2.07. The smallest absolute Gasteiger partial charge is 0.328 e. The molecule has 0 aliphatic carbocycles. The number of carbonyl (C=O) groups excluding carboxylic acids is 2. The molecule has 0 saturated carbocycles. The highest BCUT2D eigenvalue weighted by Crippen LogP contribution is 2.10. The summed E-state index contributed by atoms with van der Waals surface area (Å²) in [5.41, 5.74) is 0. The highest BCUT2D eigenvalue weighted by molar-refractivity contribution is 8.13. The van der Waals surface area contributed by atoms with Gasteiger partial charge in [0.1, 0.15) is 6.04 Å². The molecule has 1 aliphatic rings. The fraction of sp³-hybridized carbons (Fsp3) is 0.778. The Bertz CT molecular complexity index is 220. The molecule has 1 amide bonds. The molecule has 80 valence electrons. The number of nitrogens with one attached hydrogen (secondary N) is 1. The number of rotatable bonds is 4. The molecule has 5 heteroatoms. The maximum atomic E-state index is 11.3. The maximum absolute atomic E-state index is 11.3. The third-order valence-corrected chi connectivity index (χ3v) is 2.83. The van der Waals surface area contributed by atoms with E-state index in [1.165, 1.54) is 11.8 Å². The van der Waals surface area contributed by atoms with Crippen molar-refractivity contribution in [3.63, 3.8) is 0 Å². The van der Waals surface area contributed by atoms with Gasteiger partial charge in [0, 0.05) is 12.2 Å². The molecule has 1 saturated heterocycles. The van der Waals surface area contributed by atoms with Gasteiger partial charge in [-0.2, -0.15) is 0 Å². The van der Waals surface area contributed by atoms with Crippen LogP contribution in [-0.2, 0) is 9.53 Å². The summed E-state index contributed by atoms with van der Waals surface area (Å²) in [6, 6.07) is -0.420. The van der Waals surface area contributed by atoms with Crippen LogP contribution in [0.2, 0.25) is 0 Å². The van der Waals surface area contributed by atoms with Crippen LogP contribution >= 0.6 is 11.8 Å². The van der Waals surface area contributed by atoms with Crippen molar-refractivity contribution in [2.75, 3.05) is 12.4 Å². The van der Waals surface area contributed by atoms with Gasteiger partial charge in [0.25, 0.3) is 5.24 Å². The van der Waals surface area contributed by atoms with Gasteiger partial charge in [0.05, 0.1) is 6.61 Å².